The van der Waals surface area contributed by atoms with Crippen LogP contribution in [0.3, 0.4) is 0 Å². The minimum Gasteiger partial charge on any atom is -0.462 e. The fourth-order valence-corrected chi connectivity index (χ4v) is 4.53. The maximum Gasteiger partial charge on any atom is 0.250 e. The lowest BCUT2D eigenvalue weighted by Crippen LogP contribution is -2.44. The number of hydrogen-bond acceptors (Lipinski definition) is 8. The van der Waals surface area contributed by atoms with E-state index in [1.165, 1.54) is 4.52 Å². The molecule has 4 aromatic rings. The fourth-order valence-electron chi connectivity index (χ4n) is 4.53. The molecule has 0 unspecified atom stereocenters. The van der Waals surface area contributed by atoms with Gasteiger partial charge in [-0.15, -0.1) is 5.10 Å². The van der Waals surface area contributed by atoms with Gasteiger partial charge >= 0.3 is 0 Å². The molecule has 10 heteroatoms. The summed E-state index contributed by atoms with van der Waals surface area (Å²) in [5.74, 6) is 0.728. The molecule has 9 nitrogen and oxygen atoms in total. The van der Waals surface area contributed by atoms with Crippen LogP contribution < -0.4 is 9.80 Å². The zero-order valence-corrected chi connectivity index (χ0v) is 19.7. The van der Waals surface area contributed by atoms with Crippen molar-refractivity contribution in [2.75, 3.05) is 56.4 Å². The predicted octanol–water partition coefficient (Wildman–Crippen LogP) is 3.46. The van der Waals surface area contributed by atoms with Gasteiger partial charge in [-0.25, -0.2) is 9.37 Å². The minimum absolute atomic E-state index is 0.186. The van der Waals surface area contributed by atoms with Gasteiger partial charge in [0.05, 0.1) is 17.4 Å². The SMILES string of the molecule is Cc1cccc(N(CC2=COCO2)c2nc3c4c(F)cc(N5CCN(C)CC5)cc4ncn3n2)c1. The molecule has 2 aliphatic rings. The van der Waals surface area contributed by atoms with Gasteiger partial charge in [-0.05, 0) is 43.8 Å². The number of hydrogen-bond donors (Lipinski definition) is 0. The Hall–Kier alpha value is -3.92. The molecule has 0 N–H and O–H groups in total. The average Bonchev–Trinajstić information content (AvgIpc) is 3.52. The molecular formula is C25H26FN7O2. The van der Waals surface area contributed by atoms with Crippen LogP contribution in [-0.2, 0) is 9.47 Å². The predicted molar refractivity (Wildman–Crippen MR) is 131 cm³/mol. The minimum atomic E-state index is -0.356. The summed E-state index contributed by atoms with van der Waals surface area (Å²) in [6.07, 6.45) is 3.18. The number of benzene rings is 2. The van der Waals surface area contributed by atoms with Crippen molar-refractivity contribution in [3.8, 4) is 0 Å². The summed E-state index contributed by atoms with van der Waals surface area (Å²) in [5.41, 5.74) is 3.81. The maximum atomic E-state index is 15.5. The zero-order valence-electron chi connectivity index (χ0n) is 19.7. The Balaban J connectivity index is 1.42. The first-order valence-electron chi connectivity index (χ1n) is 11.6. The molecule has 35 heavy (non-hydrogen) atoms. The average molecular weight is 476 g/mol. The number of rotatable bonds is 5. The van der Waals surface area contributed by atoms with Crippen molar-refractivity contribution >= 4 is 33.9 Å². The summed E-state index contributed by atoms with van der Waals surface area (Å²) in [7, 11) is 2.10. The van der Waals surface area contributed by atoms with Gasteiger partial charge in [0, 0.05) is 37.6 Å². The summed E-state index contributed by atoms with van der Waals surface area (Å²) in [6, 6.07) is 11.5. The van der Waals surface area contributed by atoms with Crippen LogP contribution >= 0.6 is 0 Å². The molecule has 0 aliphatic carbocycles. The molecule has 2 aliphatic heterocycles. The van der Waals surface area contributed by atoms with Gasteiger partial charge in [0.25, 0.3) is 5.95 Å². The van der Waals surface area contributed by atoms with Gasteiger partial charge in [0.2, 0.25) is 6.79 Å². The Morgan fingerprint density at radius 3 is 2.74 bits per heavy atom. The van der Waals surface area contributed by atoms with Crippen LogP contribution in [0.25, 0.3) is 16.6 Å². The first-order chi connectivity index (χ1) is 17.0. The molecule has 1 fully saturated rings. The Labute approximate surface area is 202 Å². The summed E-state index contributed by atoms with van der Waals surface area (Å²) in [4.78, 5) is 15.7. The van der Waals surface area contributed by atoms with Crippen molar-refractivity contribution in [1.29, 1.82) is 0 Å². The first kappa shape index (κ1) is 21.6. The fraction of sp³-hybridized carbons (Fsp3) is 0.320. The number of halogens is 1. The van der Waals surface area contributed by atoms with E-state index in [-0.39, 0.29) is 12.6 Å². The Morgan fingerprint density at radius 2 is 1.97 bits per heavy atom. The van der Waals surface area contributed by atoms with E-state index in [1.807, 2.05) is 42.2 Å². The van der Waals surface area contributed by atoms with E-state index in [1.54, 1.807) is 18.7 Å². The quantitative estimate of drug-likeness (QED) is 0.435. The van der Waals surface area contributed by atoms with Crippen molar-refractivity contribution in [2.45, 2.75) is 6.92 Å². The van der Waals surface area contributed by atoms with E-state index in [0.717, 1.165) is 43.1 Å². The second kappa shape index (κ2) is 8.70. The third kappa shape index (κ3) is 4.10. The number of nitrogens with zero attached hydrogens (tertiary/aromatic N) is 7. The number of likely N-dealkylation sites (N-methyl/N-ethyl adjacent to an activating group) is 1. The highest BCUT2D eigenvalue weighted by molar-refractivity contribution is 5.94. The van der Waals surface area contributed by atoms with Crippen LogP contribution in [0.1, 0.15) is 5.56 Å². The molecule has 1 saturated heterocycles. The van der Waals surface area contributed by atoms with Crippen LogP contribution in [0, 0.1) is 12.7 Å². The highest BCUT2D eigenvalue weighted by atomic mass is 19.1. The lowest BCUT2D eigenvalue weighted by Gasteiger charge is -2.34. The number of aryl methyl sites for hydroxylation is 1. The summed E-state index contributed by atoms with van der Waals surface area (Å²) in [5, 5.41) is 4.99. The normalized spacial score (nSPS) is 16.4. The van der Waals surface area contributed by atoms with E-state index in [2.05, 4.69) is 26.9 Å². The molecule has 4 heterocycles. The van der Waals surface area contributed by atoms with E-state index < -0.39 is 0 Å². The largest absolute Gasteiger partial charge is 0.462 e. The monoisotopic (exact) mass is 475 g/mol. The third-order valence-corrected chi connectivity index (χ3v) is 6.47. The highest BCUT2D eigenvalue weighted by Gasteiger charge is 2.23. The topological polar surface area (TPSA) is 71.3 Å². The Morgan fingerprint density at radius 1 is 1.11 bits per heavy atom. The van der Waals surface area contributed by atoms with E-state index >= 15 is 4.39 Å². The molecule has 2 aromatic carbocycles. The number of anilines is 3. The maximum absolute atomic E-state index is 15.5. The summed E-state index contributed by atoms with van der Waals surface area (Å²) >= 11 is 0. The number of aromatic nitrogens is 4. The van der Waals surface area contributed by atoms with Gasteiger partial charge < -0.3 is 24.2 Å². The lowest BCUT2D eigenvalue weighted by atomic mass is 10.1. The molecule has 0 bridgehead atoms. The standard InChI is InChI=1S/C25H26FN7O2/c1-17-4-3-5-18(10-17)32(13-20-14-34-16-35-20)25-28-24-23-21(26)11-19(31-8-6-30(2)7-9-31)12-22(23)27-15-33(24)29-25/h3-5,10-12,14-15H,6-9,13,16H2,1-2H3. The second-order valence-electron chi connectivity index (χ2n) is 8.97. The van der Waals surface area contributed by atoms with E-state index in [0.29, 0.717) is 34.8 Å². The molecule has 0 atom stereocenters. The summed E-state index contributed by atoms with van der Waals surface area (Å²) in [6.45, 7) is 6.18. The van der Waals surface area contributed by atoms with Crippen LogP contribution in [0.15, 0.2) is 54.7 Å². The zero-order chi connectivity index (χ0) is 23.9. The van der Waals surface area contributed by atoms with Crippen LogP contribution in [0.2, 0.25) is 0 Å². The van der Waals surface area contributed by atoms with Crippen molar-refractivity contribution in [2.24, 2.45) is 0 Å². The van der Waals surface area contributed by atoms with Crippen LogP contribution in [0.4, 0.5) is 21.7 Å². The van der Waals surface area contributed by atoms with Gasteiger partial charge in [-0.1, -0.05) is 12.1 Å². The third-order valence-electron chi connectivity index (χ3n) is 6.47. The van der Waals surface area contributed by atoms with E-state index in [9.17, 15) is 0 Å². The Kier molecular flexibility index (Phi) is 5.37. The molecule has 2 aromatic heterocycles. The van der Waals surface area contributed by atoms with Crippen LogP contribution in [0.5, 0.6) is 0 Å². The number of ether oxygens (including phenoxy) is 2. The smallest absolute Gasteiger partial charge is 0.250 e. The summed E-state index contributed by atoms with van der Waals surface area (Å²) < 4.78 is 27.8. The van der Waals surface area contributed by atoms with Crippen molar-refractivity contribution in [3.05, 3.63) is 66.1 Å². The van der Waals surface area contributed by atoms with Crippen molar-refractivity contribution < 1.29 is 13.9 Å². The molecule has 0 spiro atoms. The molecule has 0 saturated carbocycles. The highest BCUT2D eigenvalue weighted by Crippen LogP contribution is 2.30. The van der Waals surface area contributed by atoms with Gasteiger partial charge in [0.15, 0.2) is 11.4 Å². The molecule has 0 amide bonds. The molecule has 0 radical (unpaired) electrons. The van der Waals surface area contributed by atoms with Gasteiger partial charge in [-0.3, -0.25) is 0 Å². The number of fused-ring (bicyclic) bond motifs is 3. The molecular weight excluding hydrogens is 449 g/mol. The van der Waals surface area contributed by atoms with Crippen LogP contribution in [-0.4, -0.2) is 71.0 Å². The number of piperazine rings is 1. The van der Waals surface area contributed by atoms with Gasteiger partial charge in [-0.2, -0.15) is 9.50 Å². The first-order valence-corrected chi connectivity index (χ1v) is 11.6. The van der Waals surface area contributed by atoms with Crippen molar-refractivity contribution in [1.82, 2.24) is 24.5 Å². The lowest BCUT2D eigenvalue weighted by molar-refractivity contribution is 0.0800. The van der Waals surface area contributed by atoms with Gasteiger partial charge in [0.1, 0.15) is 18.4 Å². The molecule has 6 rings (SSSR count). The molecule has 180 valence electrons. The second-order valence-corrected chi connectivity index (χ2v) is 8.97. The Bertz CT molecular complexity index is 1430. The van der Waals surface area contributed by atoms with Crippen molar-refractivity contribution in [3.63, 3.8) is 0 Å². The van der Waals surface area contributed by atoms with E-state index in [4.69, 9.17) is 14.5 Å².